The number of amides is 1. The van der Waals surface area contributed by atoms with E-state index >= 15 is 0 Å². The highest BCUT2D eigenvalue weighted by atomic mass is 16.5. The van der Waals surface area contributed by atoms with Crippen LogP contribution in [0, 0.1) is 5.92 Å². The highest BCUT2D eigenvalue weighted by molar-refractivity contribution is 5.79. The number of nitrogens with one attached hydrogen (secondary N) is 1. The largest absolute Gasteiger partial charge is 0.497 e. The van der Waals surface area contributed by atoms with Crippen LogP contribution in [-0.4, -0.2) is 32.1 Å². The first-order valence-corrected chi connectivity index (χ1v) is 8.95. The normalized spacial score (nSPS) is 20.3. The summed E-state index contributed by atoms with van der Waals surface area (Å²) >= 11 is 0. The van der Waals surface area contributed by atoms with E-state index in [0.29, 0.717) is 11.9 Å². The third-order valence-corrected chi connectivity index (χ3v) is 5.25. The molecule has 1 N–H and O–H groups in total. The molecule has 1 aromatic carbocycles. The molecule has 4 heteroatoms. The van der Waals surface area contributed by atoms with E-state index in [-0.39, 0.29) is 5.92 Å². The number of hydrogen-bond acceptors (Lipinski definition) is 3. The van der Waals surface area contributed by atoms with E-state index in [2.05, 4.69) is 22.3 Å². The molecule has 0 aromatic heterocycles. The molecule has 1 aromatic rings. The fraction of sp³-hybridized carbons (Fsp3) is 0.632. The van der Waals surface area contributed by atoms with Gasteiger partial charge in [0.25, 0.3) is 0 Å². The molecule has 3 rings (SSSR count). The molecule has 1 aliphatic heterocycles. The van der Waals surface area contributed by atoms with Gasteiger partial charge in [0.05, 0.1) is 7.11 Å². The van der Waals surface area contributed by atoms with Crippen molar-refractivity contribution >= 4 is 11.6 Å². The predicted octanol–water partition coefficient (Wildman–Crippen LogP) is 3.36. The van der Waals surface area contributed by atoms with Crippen molar-refractivity contribution in [1.29, 1.82) is 0 Å². The van der Waals surface area contributed by atoms with Crippen LogP contribution in [0.1, 0.15) is 44.9 Å². The van der Waals surface area contributed by atoms with Gasteiger partial charge in [0, 0.05) is 30.7 Å². The lowest BCUT2D eigenvalue weighted by Crippen LogP contribution is -2.46. The van der Waals surface area contributed by atoms with Gasteiger partial charge in [-0.3, -0.25) is 4.79 Å². The van der Waals surface area contributed by atoms with Crippen LogP contribution >= 0.6 is 0 Å². The van der Waals surface area contributed by atoms with Crippen LogP contribution < -0.4 is 15.0 Å². The molecule has 4 nitrogen and oxygen atoms in total. The third-order valence-electron chi connectivity index (χ3n) is 5.25. The van der Waals surface area contributed by atoms with Crippen molar-refractivity contribution < 1.29 is 9.53 Å². The molecular weight excluding hydrogens is 288 g/mol. The Morgan fingerprint density at radius 2 is 1.70 bits per heavy atom. The molecule has 1 aliphatic carbocycles. The molecule has 1 heterocycles. The lowest BCUT2D eigenvalue weighted by atomic mass is 9.88. The molecule has 23 heavy (non-hydrogen) atoms. The van der Waals surface area contributed by atoms with Crippen molar-refractivity contribution in [3.63, 3.8) is 0 Å². The zero-order chi connectivity index (χ0) is 16.1. The number of piperidine rings is 1. The number of carbonyl (C=O) groups is 1. The highest BCUT2D eigenvalue weighted by Gasteiger charge is 2.25. The van der Waals surface area contributed by atoms with Crippen LogP contribution in [0.2, 0.25) is 0 Å². The fourth-order valence-electron chi connectivity index (χ4n) is 3.76. The van der Waals surface area contributed by atoms with Gasteiger partial charge in [0.1, 0.15) is 5.75 Å². The molecule has 0 spiro atoms. The Bertz CT molecular complexity index is 501. The van der Waals surface area contributed by atoms with Crippen molar-refractivity contribution in [1.82, 2.24) is 5.32 Å². The summed E-state index contributed by atoms with van der Waals surface area (Å²) < 4.78 is 5.21. The summed E-state index contributed by atoms with van der Waals surface area (Å²) in [6, 6.07) is 8.58. The molecule has 2 fully saturated rings. The van der Waals surface area contributed by atoms with E-state index < -0.39 is 0 Å². The number of hydrogen-bond donors (Lipinski definition) is 1. The fourth-order valence-corrected chi connectivity index (χ4v) is 3.76. The number of ether oxygens (including phenoxy) is 1. The molecule has 0 bridgehead atoms. The second kappa shape index (κ2) is 7.71. The monoisotopic (exact) mass is 316 g/mol. The van der Waals surface area contributed by atoms with Crippen LogP contribution in [0.15, 0.2) is 24.3 Å². The third kappa shape index (κ3) is 4.18. The first-order valence-electron chi connectivity index (χ1n) is 8.95. The average molecular weight is 316 g/mol. The maximum absolute atomic E-state index is 12.3. The molecule has 1 saturated carbocycles. The number of anilines is 1. The number of methoxy groups -OCH3 is 1. The van der Waals surface area contributed by atoms with Gasteiger partial charge in [-0.05, 0) is 49.9 Å². The molecule has 1 saturated heterocycles. The number of benzene rings is 1. The second-order valence-corrected chi connectivity index (χ2v) is 6.80. The summed E-state index contributed by atoms with van der Waals surface area (Å²) in [6.07, 6.45) is 7.95. The van der Waals surface area contributed by atoms with Gasteiger partial charge in [-0.25, -0.2) is 0 Å². The van der Waals surface area contributed by atoms with E-state index in [1.165, 1.54) is 24.9 Å². The number of nitrogens with zero attached hydrogens (tertiary/aromatic N) is 1. The smallest absolute Gasteiger partial charge is 0.223 e. The van der Waals surface area contributed by atoms with E-state index in [1.54, 1.807) is 7.11 Å². The van der Waals surface area contributed by atoms with Gasteiger partial charge in [-0.15, -0.1) is 0 Å². The van der Waals surface area contributed by atoms with Crippen LogP contribution in [0.25, 0.3) is 0 Å². The summed E-state index contributed by atoms with van der Waals surface area (Å²) in [5.74, 6) is 1.46. The van der Waals surface area contributed by atoms with Crippen molar-refractivity contribution in [2.24, 2.45) is 5.92 Å². The maximum Gasteiger partial charge on any atom is 0.223 e. The molecular formula is C19H28N2O2. The topological polar surface area (TPSA) is 41.6 Å². The first-order chi connectivity index (χ1) is 11.3. The SMILES string of the molecule is COc1ccc(N2CCC(NC(=O)C3CCCCC3)CC2)cc1. The summed E-state index contributed by atoms with van der Waals surface area (Å²) in [5.41, 5.74) is 1.24. The first kappa shape index (κ1) is 16.2. The minimum Gasteiger partial charge on any atom is -0.497 e. The molecule has 0 radical (unpaired) electrons. The van der Waals surface area contributed by atoms with Crippen molar-refractivity contribution in [3.05, 3.63) is 24.3 Å². The highest BCUT2D eigenvalue weighted by Crippen LogP contribution is 2.25. The molecule has 2 aliphatic rings. The van der Waals surface area contributed by atoms with E-state index in [1.807, 2.05) is 12.1 Å². The molecule has 0 atom stereocenters. The Kier molecular flexibility index (Phi) is 5.42. The Labute approximate surface area is 139 Å². The van der Waals surface area contributed by atoms with Gasteiger partial charge in [-0.2, -0.15) is 0 Å². The van der Waals surface area contributed by atoms with E-state index in [9.17, 15) is 4.79 Å². The molecule has 0 unspecified atom stereocenters. The maximum atomic E-state index is 12.3. The van der Waals surface area contributed by atoms with Gasteiger partial charge >= 0.3 is 0 Å². The van der Waals surface area contributed by atoms with E-state index in [4.69, 9.17) is 4.74 Å². The van der Waals surface area contributed by atoms with Crippen molar-refractivity contribution in [3.8, 4) is 5.75 Å². The summed E-state index contributed by atoms with van der Waals surface area (Å²) in [4.78, 5) is 14.7. The van der Waals surface area contributed by atoms with E-state index in [0.717, 1.165) is 44.5 Å². The number of rotatable bonds is 4. The quantitative estimate of drug-likeness (QED) is 0.926. The zero-order valence-corrected chi connectivity index (χ0v) is 14.1. The lowest BCUT2D eigenvalue weighted by Gasteiger charge is -2.35. The summed E-state index contributed by atoms with van der Waals surface area (Å²) in [7, 11) is 1.69. The van der Waals surface area contributed by atoms with Gasteiger partial charge in [-0.1, -0.05) is 19.3 Å². The van der Waals surface area contributed by atoms with Gasteiger partial charge < -0.3 is 15.0 Å². The Hall–Kier alpha value is -1.71. The average Bonchev–Trinajstić information content (AvgIpc) is 2.63. The lowest BCUT2D eigenvalue weighted by molar-refractivity contribution is -0.126. The van der Waals surface area contributed by atoms with Crippen LogP contribution in [-0.2, 0) is 4.79 Å². The predicted molar refractivity (Wildman–Crippen MR) is 92.9 cm³/mol. The summed E-state index contributed by atoms with van der Waals surface area (Å²) in [5, 5.41) is 3.29. The minimum absolute atomic E-state index is 0.267. The summed E-state index contributed by atoms with van der Waals surface area (Å²) in [6.45, 7) is 2.00. The second-order valence-electron chi connectivity index (χ2n) is 6.80. The van der Waals surface area contributed by atoms with Crippen LogP contribution in [0.4, 0.5) is 5.69 Å². The zero-order valence-electron chi connectivity index (χ0n) is 14.1. The molecule has 126 valence electrons. The van der Waals surface area contributed by atoms with Gasteiger partial charge in [0.15, 0.2) is 0 Å². The van der Waals surface area contributed by atoms with Crippen molar-refractivity contribution in [2.75, 3.05) is 25.1 Å². The standard InChI is InChI=1S/C19H28N2O2/c1-23-18-9-7-17(8-10-18)21-13-11-16(12-14-21)20-19(22)15-5-3-2-4-6-15/h7-10,15-16H,2-6,11-14H2,1H3,(H,20,22). The minimum atomic E-state index is 0.267. The van der Waals surface area contributed by atoms with Crippen LogP contribution in [0.5, 0.6) is 5.75 Å². The Morgan fingerprint density at radius 1 is 1.04 bits per heavy atom. The Morgan fingerprint density at radius 3 is 2.30 bits per heavy atom. The van der Waals surface area contributed by atoms with Gasteiger partial charge in [0.2, 0.25) is 5.91 Å². The number of carbonyl (C=O) groups excluding carboxylic acids is 1. The Balaban J connectivity index is 1.46. The molecule has 1 amide bonds. The van der Waals surface area contributed by atoms with Crippen molar-refractivity contribution in [2.45, 2.75) is 51.0 Å². The van der Waals surface area contributed by atoms with Crippen LogP contribution in [0.3, 0.4) is 0 Å².